The summed E-state index contributed by atoms with van der Waals surface area (Å²) in [6, 6.07) is 7.45. The van der Waals surface area contributed by atoms with Crippen molar-refractivity contribution >= 4 is 11.8 Å². The van der Waals surface area contributed by atoms with Gasteiger partial charge in [-0.05, 0) is 32.4 Å². The summed E-state index contributed by atoms with van der Waals surface area (Å²) in [4.78, 5) is 30.2. The first-order valence-electron chi connectivity index (χ1n) is 9.14. The van der Waals surface area contributed by atoms with Gasteiger partial charge in [-0.1, -0.05) is 22.9 Å². The number of nitrogens with zero attached hydrogens (tertiary/aromatic N) is 3. The zero-order valence-corrected chi connectivity index (χ0v) is 15.9. The van der Waals surface area contributed by atoms with Gasteiger partial charge in [-0.25, -0.2) is 0 Å². The summed E-state index contributed by atoms with van der Waals surface area (Å²) in [7, 11) is 0. The summed E-state index contributed by atoms with van der Waals surface area (Å²) in [5.74, 6) is 0.825. The minimum Gasteiger partial charge on any atom is -0.355 e. The van der Waals surface area contributed by atoms with Crippen molar-refractivity contribution in [3.8, 4) is 11.5 Å². The number of nitrogens with one attached hydrogen (secondary N) is 2. The number of rotatable bonds is 6. The fourth-order valence-electron chi connectivity index (χ4n) is 3.35. The Kier molecular flexibility index (Phi) is 5.85. The summed E-state index contributed by atoms with van der Waals surface area (Å²) in [6.07, 6.45) is 0.564. The van der Waals surface area contributed by atoms with Crippen molar-refractivity contribution in [1.29, 1.82) is 0 Å². The van der Waals surface area contributed by atoms with Crippen molar-refractivity contribution in [3.05, 3.63) is 35.7 Å². The maximum absolute atomic E-state index is 12.4. The molecule has 2 heterocycles. The van der Waals surface area contributed by atoms with Crippen molar-refractivity contribution in [1.82, 2.24) is 25.7 Å². The Labute approximate surface area is 158 Å². The molecule has 0 aliphatic carbocycles. The first kappa shape index (κ1) is 19.0. The number of likely N-dealkylation sites (tertiary alicyclic amines) is 1. The smallest absolute Gasteiger partial charge is 0.257 e. The second-order valence-corrected chi connectivity index (χ2v) is 6.85. The molecule has 1 saturated heterocycles. The van der Waals surface area contributed by atoms with Gasteiger partial charge >= 0.3 is 0 Å². The molecule has 1 aromatic heterocycles. The van der Waals surface area contributed by atoms with Crippen LogP contribution in [-0.4, -0.2) is 52.0 Å². The third-order valence-corrected chi connectivity index (χ3v) is 4.58. The highest BCUT2D eigenvalue weighted by atomic mass is 16.5. The van der Waals surface area contributed by atoms with Gasteiger partial charge in [0, 0.05) is 31.6 Å². The van der Waals surface area contributed by atoms with Crippen LogP contribution in [-0.2, 0) is 16.1 Å². The van der Waals surface area contributed by atoms with Crippen molar-refractivity contribution in [3.63, 3.8) is 0 Å². The topological polar surface area (TPSA) is 100 Å². The lowest BCUT2D eigenvalue weighted by atomic mass is 10.1. The highest BCUT2D eigenvalue weighted by Gasteiger charge is 2.37. The molecule has 8 heteroatoms. The van der Waals surface area contributed by atoms with E-state index >= 15 is 0 Å². The first-order valence-corrected chi connectivity index (χ1v) is 9.14. The minimum absolute atomic E-state index is 0.0485. The summed E-state index contributed by atoms with van der Waals surface area (Å²) in [5.41, 5.74) is 2.02. The molecule has 0 radical (unpaired) electrons. The van der Waals surface area contributed by atoms with E-state index in [2.05, 4.69) is 20.8 Å². The Hall–Kier alpha value is -2.74. The molecule has 27 heavy (non-hydrogen) atoms. The molecule has 0 saturated carbocycles. The molecule has 2 N–H and O–H groups in total. The second kappa shape index (κ2) is 8.30. The number of amides is 2. The average Bonchev–Trinajstić information content (AvgIpc) is 3.23. The van der Waals surface area contributed by atoms with E-state index in [1.54, 1.807) is 0 Å². The number of hydrogen-bond acceptors (Lipinski definition) is 6. The van der Waals surface area contributed by atoms with Gasteiger partial charge in [0.15, 0.2) is 5.82 Å². The molecule has 2 aromatic rings. The maximum atomic E-state index is 12.4. The highest BCUT2D eigenvalue weighted by Crippen LogP contribution is 2.22. The first-order chi connectivity index (χ1) is 13.0. The van der Waals surface area contributed by atoms with E-state index in [-0.39, 0.29) is 23.9 Å². The number of hydrogen-bond donors (Lipinski definition) is 2. The SMILES string of the molecule is CCNC(=O)[C@@H]1C[C@H](NC(C)=O)CN1Cc1noc(-c2ccc(C)cc2)n1. The zero-order valence-electron chi connectivity index (χ0n) is 15.9. The van der Waals surface area contributed by atoms with E-state index in [1.807, 2.05) is 43.0 Å². The zero-order chi connectivity index (χ0) is 19.4. The summed E-state index contributed by atoms with van der Waals surface area (Å²) < 4.78 is 5.38. The Balaban J connectivity index is 1.72. The lowest BCUT2D eigenvalue weighted by molar-refractivity contribution is -0.125. The molecular formula is C19H25N5O3. The van der Waals surface area contributed by atoms with Gasteiger partial charge in [0.1, 0.15) is 0 Å². The van der Waals surface area contributed by atoms with E-state index < -0.39 is 0 Å². The molecule has 1 fully saturated rings. The lowest BCUT2D eigenvalue weighted by Crippen LogP contribution is -2.42. The van der Waals surface area contributed by atoms with Crippen LogP contribution < -0.4 is 10.6 Å². The van der Waals surface area contributed by atoms with Crippen LogP contribution in [0.15, 0.2) is 28.8 Å². The van der Waals surface area contributed by atoms with Crippen LogP contribution in [0.2, 0.25) is 0 Å². The predicted octanol–water partition coefficient (Wildman–Crippen LogP) is 1.26. The van der Waals surface area contributed by atoms with E-state index in [0.29, 0.717) is 37.8 Å². The minimum atomic E-state index is -0.330. The maximum Gasteiger partial charge on any atom is 0.257 e. The Morgan fingerprint density at radius 3 is 2.70 bits per heavy atom. The monoisotopic (exact) mass is 371 g/mol. The molecule has 2 atom stereocenters. The third-order valence-electron chi connectivity index (χ3n) is 4.58. The lowest BCUT2D eigenvalue weighted by Gasteiger charge is -2.21. The molecule has 2 amide bonds. The molecule has 0 unspecified atom stereocenters. The average molecular weight is 371 g/mol. The van der Waals surface area contributed by atoms with E-state index in [1.165, 1.54) is 6.92 Å². The van der Waals surface area contributed by atoms with E-state index in [9.17, 15) is 9.59 Å². The van der Waals surface area contributed by atoms with Gasteiger partial charge in [0.25, 0.3) is 5.89 Å². The Morgan fingerprint density at radius 2 is 2.04 bits per heavy atom. The molecule has 3 rings (SSSR count). The molecule has 8 nitrogen and oxygen atoms in total. The molecular weight excluding hydrogens is 346 g/mol. The van der Waals surface area contributed by atoms with Gasteiger partial charge in [-0.15, -0.1) is 0 Å². The normalized spacial score (nSPS) is 19.8. The van der Waals surface area contributed by atoms with Gasteiger partial charge < -0.3 is 15.2 Å². The highest BCUT2D eigenvalue weighted by molar-refractivity contribution is 5.82. The van der Waals surface area contributed by atoms with Crippen molar-refractivity contribution < 1.29 is 14.1 Å². The number of carbonyl (C=O) groups excluding carboxylic acids is 2. The third kappa shape index (κ3) is 4.71. The molecule has 144 valence electrons. The number of aryl methyl sites for hydroxylation is 1. The van der Waals surface area contributed by atoms with Gasteiger partial charge in [0.2, 0.25) is 11.8 Å². The summed E-state index contributed by atoms with van der Waals surface area (Å²) in [5, 5.41) is 9.81. The number of likely N-dealkylation sites (N-methyl/N-ethyl adjacent to an activating group) is 1. The van der Waals surface area contributed by atoms with Crippen LogP contribution in [0.25, 0.3) is 11.5 Å². The predicted molar refractivity (Wildman–Crippen MR) is 99.6 cm³/mol. The fraction of sp³-hybridized carbons (Fsp3) is 0.474. The quantitative estimate of drug-likeness (QED) is 0.793. The summed E-state index contributed by atoms with van der Waals surface area (Å²) in [6.45, 7) is 6.90. The molecule has 1 aliphatic heterocycles. The van der Waals surface area contributed by atoms with Crippen LogP contribution >= 0.6 is 0 Å². The van der Waals surface area contributed by atoms with Gasteiger partial charge in [0.05, 0.1) is 12.6 Å². The standard InChI is InChI=1S/C19H25N5O3/c1-4-20-18(26)16-9-15(21-13(3)25)10-24(16)11-17-22-19(27-23-17)14-7-5-12(2)6-8-14/h5-8,15-16H,4,9-11H2,1-3H3,(H,20,26)(H,21,25)/t15-,16-/m0/s1. The number of aromatic nitrogens is 2. The molecule has 0 bridgehead atoms. The van der Waals surface area contributed by atoms with Crippen molar-refractivity contribution in [2.75, 3.05) is 13.1 Å². The van der Waals surface area contributed by atoms with Gasteiger partial charge in [-0.2, -0.15) is 4.98 Å². The van der Waals surface area contributed by atoms with E-state index in [0.717, 1.165) is 11.1 Å². The van der Waals surface area contributed by atoms with Crippen LogP contribution in [0.5, 0.6) is 0 Å². The molecule has 0 spiro atoms. The number of carbonyl (C=O) groups is 2. The van der Waals surface area contributed by atoms with Crippen molar-refractivity contribution in [2.45, 2.75) is 45.8 Å². The van der Waals surface area contributed by atoms with Crippen LogP contribution in [0.3, 0.4) is 0 Å². The molecule has 1 aromatic carbocycles. The Bertz CT molecular complexity index is 802. The second-order valence-electron chi connectivity index (χ2n) is 6.85. The van der Waals surface area contributed by atoms with Crippen LogP contribution in [0.1, 0.15) is 31.7 Å². The number of benzene rings is 1. The Morgan fingerprint density at radius 1 is 1.30 bits per heavy atom. The molecule has 1 aliphatic rings. The van der Waals surface area contributed by atoms with Crippen LogP contribution in [0.4, 0.5) is 0 Å². The fourth-order valence-corrected chi connectivity index (χ4v) is 3.35. The van der Waals surface area contributed by atoms with Crippen molar-refractivity contribution in [2.24, 2.45) is 0 Å². The van der Waals surface area contributed by atoms with Crippen LogP contribution in [0, 0.1) is 6.92 Å². The van der Waals surface area contributed by atoms with E-state index in [4.69, 9.17) is 4.52 Å². The van der Waals surface area contributed by atoms with Gasteiger partial charge in [-0.3, -0.25) is 14.5 Å². The summed E-state index contributed by atoms with van der Waals surface area (Å²) >= 11 is 0. The largest absolute Gasteiger partial charge is 0.355 e.